The van der Waals surface area contributed by atoms with Gasteiger partial charge in [-0.25, -0.2) is 0 Å². The minimum atomic E-state index is -4.36. The van der Waals surface area contributed by atoms with Crippen LogP contribution in [0.2, 0.25) is 0 Å². The molecule has 0 saturated carbocycles. The molecule has 9 heteroatoms. The number of aryl methyl sites for hydroxylation is 1. The van der Waals surface area contributed by atoms with Crippen molar-refractivity contribution in [3.63, 3.8) is 0 Å². The van der Waals surface area contributed by atoms with E-state index in [2.05, 4.69) is 5.32 Å². The summed E-state index contributed by atoms with van der Waals surface area (Å²) < 4.78 is 30.8. The lowest BCUT2D eigenvalue weighted by molar-refractivity contribution is -0.385. The molecule has 0 aliphatic heterocycles. The van der Waals surface area contributed by atoms with E-state index in [9.17, 15) is 23.3 Å². The molecule has 0 atom stereocenters. The molecule has 1 amide bonds. The van der Waals surface area contributed by atoms with Crippen LogP contribution in [0, 0.1) is 24.0 Å². The van der Waals surface area contributed by atoms with Gasteiger partial charge in [0, 0.05) is 24.2 Å². The molecule has 3 rings (SSSR count). The Morgan fingerprint density at radius 3 is 2.42 bits per heavy atom. The molecule has 31 heavy (non-hydrogen) atoms. The first-order valence-corrected chi connectivity index (χ1v) is 10.7. The van der Waals surface area contributed by atoms with Crippen LogP contribution in [0.25, 0.3) is 0 Å². The number of hydrogen-bond acceptors (Lipinski definition) is 6. The number of carbonyl (C=O) groups excluding carboxylic acids is 1. The second-order valence-corrected chi connectivity index (χ2v) is 8.39. The Bertz CT molecular complexity index is 1240. The van der Waals surface area contributed by atoms with E-state index in [1.54, 1.807) is 13.8 Å². The molecule has 8 nitrogen and oxygen atoms in total. The topological polar surface area (TPSA) is 116 Å². The standard InChI is InChI=1S/C22H20N2O6S/c1-15-11-19(24(26)27)13-21(16(15)2)31(28,29)30-20-10-6-9-18(12-20)22(25)23-14-17-7-4-3-5-8-17/h3-13H,14H2,1-2H3,(H,23,25). The second kappa shape index (κ2) is 8.97. The summed E-state index contributed by atoms with van der Waals surface area (Å²) >= 11 is 0. The number of nitro benzene ring substituents is 1. The number of nitro groups is 1. The third-order valence-corrected chi connectivity index (χ3v) is 6.06. The van der Waals surface area contributed by atoms with Crippen molar-refractivity contribution in [2.45, 2.75) is 25.3 Å². The maximum atomic E-state index is 12.8. The monoisotopic (exact) mass is 440 g/mol. The van der Waals surface area contributed by atoms with Gasteiger partial charge in [-0.2, -0.15) is 8.42 Å². The first kappa shape index (κ1) is 22.0. The van der Waals surface area contributed by atoms with Gasteiger partial charge in [-0.1, -0.05) is 36.4 Å². The SMILES string of the molecule is Cc1cc([N+](=O)[O-])cc(S(=O)(=O)Oc2cccc(C(=O)NCc3ccccc3)c2)c1C. The van der Waals surface area contributed by atoms with Gasteiger partial charge in [-0.15, -0.1) is 0 Å². The fourth-order valence-corrected chi connectivity index (χ4v) is 4.16. The van der Waals surface area contributed by atoms with Gasteiger partial charge >= 0.3 is 10.1 Å². The van der Waals surface area contributed by atoms with Gasteiger partial charge in [0.15, 0.2) is 0 Å². The van der Waals surface area contributed by atoms with Crippen LogP contribution >= 0.6 is 0 Å². The third kappa shape index (κ3) is 5.26. The number of rotatable bonds is 7. The normalized spacial score (nSPS) is 11.0. The highest BCUT2D eigenvalue weighted by Gasteiger charge is 2.24. The number of non-ortho nitro benzene ring substituents is 1. The maximum Gasteiger partial charge on any atom is 0.339 e. The molecule has 0 aromatic heterocycles. The average Bonchev–Trinajstić information content (AvgIpc) is 2.74. The number of nitrogens with one attached hydrogen (secondary N) is 1. The summed E-state index contributed by atoms with van der Waals surface area (Å²) in [7, 11) is -4.36. The van der Waals surface area contributed by atoms with Crippen molar-refractivity contribution < 1.29 is 22.3 Å². The van der Waals surface area contributed by atoms with Crippen molar-refractivity contribution in [1.29, 1.82) is 0 Å². The lowest BCUT2D eigenvalue weighted by Crippen LogP contribution is -2.22. The van der Waals surface area contributed by atoms with Crippen molar-refractivity contribution in [2.24, 2.45) is 0 Å². The first-order valence-electron chi connectivity index (χ1n) is 9.29. The van der Waals surface area contributed by atoms with E-state index in [4.69, 9.17) is 4.18 Å². The Labute approximate surface area is 179 Å². The molecule has 0 spiro atoms. The Kier molecular flexibility index (Phi) is 6.36. The summed E-state index contributed by atoms with van der Waals surface area (Å²) in [5.74, 6) is -0.468. The van der Waals surface area contributed by atoms with Gasteiger partial charge in [-0.3, -0.25) is 14.9 Å². The number of amides is 1. The van der Waals surface area contributed by atoms with E-state index in [0.717, 1.165) is 11.6 Å². The van der Waals surface area contributed by atoms with Crippen LogP contribution in [0.4, 0.5) is 5.69 Å². The highest BCUT2D eigenvalue weighted by atomic mass is 32.2. The zero-order valence-electron chi connectivity index (χ0n) is 16.9. The molecule has 0 unspecified atom stereocenters. The molecule has 160 valence electrons. The molecule has 0 heterocycles. The van der Waals surface area contributed by atoms with Crippen LogP contribution < -0.4 is 9.50 Å². The summed E-state index contributed by atoms with van der Waals surface area (Å²) in [4.78, 5) is 22.6. The van der Waals surface area contributed by atoms with E-state index in [-0.39, 0.29) is 21.9 Å². The minimum absolute atomic E-state index is 0.0732. The van der Waals surface area contributed by atoms with Crippen LogP contribution in [0.3, 0.4) is 0 Å². The maximum absolute atomic E-state index is 12.8. The van der Waals surface area contributed by atoms with E-state index < -0.39 is 20.9 Å². The van der Waals surface area contributed by atoms with Gasteiger partial charge in [0.2, 0.25) is 0 Å². The Morgan fingerprint density at radius 2 is 1.74 bits per heavy atom. The predicted octanol–water partition coefficient (Wildman–Crippen LogP) is 3.91. The summed E-state index contributed by atoms with van der Waals surface area (Å²) in [6.07, 6.45) is 0. The predicted molar refractivity (Wildman–Crippen MR) is 114 cm³/mol. The number of hydrogen-bond donors (Lipinski definition) is 1. The van der Waals surface area contributed by atoms with Gasteiger partial charge < -0.3 is 9.50 Å². The molecule has 0 aliphatic carbocycles. The molecule has 0 saturated heterocycles. The summed E-state index contributed by atoms with van der Waals surface area (Å²) in [6, 6.07) is 17.3. The van der Waals surface area contributed by atoms with Crippen LogP contribution in [0.5, 0.6) is 5.75 Å². The quantitative estimate of drug-likeness (QED) is 0.338. The van der Waals surface area contributed by atoms with Crippen molar-refractivity contribution in [2.75, 3.05) is 0 Å². The van der Waals surface area contributed by atoms with E-state index in [0.29, 0.717) is 17.7 Å². The molecule has 0 fully saturated rings. The lowest BCUT2D eigenvalue weighted by atomic mass is 10.1. The van der Waals surface area contributed by atoms with Crippen LogP contribution in [-0.2, 0) is 16.7 Å². The highest BCUT2D eigenvalue weighted by Crippen LogP contribution is 2.28. The summed E-state index contributed by atoms with van der Waals surface area (Å²) in [5.41, 5.74) is 1.59. The van der Waals surface area contributed by atoms with Crippen LogP contribution in [0.15, 0.2) is 71.6 Å². The van der Waals surface area contributed by atoms with E-state index in [1.165, 1.54) is 30.3 Å². The molecular weight excluding hydrogens is 420 g/mol. The zero-order chi connectivity index (χ0) is 22.6. The molecular formula is C22H20N2O6S. The first-order chi connectivity index (χ1) is 14.7. The Morgan fingerprint density at radius 1 is 1.03 bits per heavy atom. The second-order valence-electron chi connectivity index (χ2n) is 6.88. The number of benzene rings is 3. The molecule has 1 N–H and O–H groups in total. The van der Waals surface area contributed by atoms with Crippen molar-refractivity contribution in [3.8, 4) is 5.75 Å². The van der Waals surface area contributed by atoms with Crippen molar-refractivity contribution in [3.05, 3.63) is 99.1 Å². The summed E-state index contributed by atoms with van der Waals surface area (Å²) in [6.45, 7) is 3.44. The zero-order valence-corrected chi connectivity index (χ0v) is 17.7. The van der Waals surface area contributed by atoms with E-state index in [1.807, 2.05) is 30.3 Å². The van der Waals surface area contributed by atoms with Gasteiger partial charge in [-0.05, 0) is 48.7 Å². The van der Waals surface area contributed by atoms with E-state index >= 15 is 0 Å². The summed E-state index contributed by atoms with van der Waals surface area (Å²) in [5, 5.41) is 13.9. The number of carbonyl (C=O) groups is 1. The molecule has 3 aromatic rings. The van der Waals surface area contributed by atoms with Crippen molar-refractivity contribution >= 4 is 21.7 Å². The van der Waals surface area contributed by atoms with Crippen molar-refractivity contribution in [1.82, 2.24) is 5.32 Å². The molecule has 0 aliphatic rings. The largest absolute Gasteiger partial charge is 0.379 e. The molecule has 0 radical (unpaired) electrons. The Balaban J connectivity index is 1.82. The van der Waals surface area contributed by atoms with Gasteiger partial charge in [0.05, 0.1) is 4.92 Å². The fourth-order valence-electron chi connectivity index (χ4n) is 2.91. The van der Waals surface area contributed by atoms with Crippen LogP contribution in [0.1, 0.15) is 27.0 Å². The molecule has 3 aromatic carbocycles. The van der Waals surface area contributed by atoms with Gasteiger partial charge in [0.1, 0.15) is 10.6 Å². The smallest absolute Gasteiger partial charge is 0.339 e. The lowest BCUT2D eigenvalue weighted by Gasteiger charge is -2.12. The molecule has 0 bridgehead atoms. The minimum Gasteiger partial charge on any atom is -0.379 e. The Hall–Kier alpha value is -3.72. The highest BCUT2D eigenvalue weighted by molar-refractivity contribution is 7.87. The fraction of sp³-hybridized carbons (Fsp3) is 0.136. The van der Waals surface area contributed by atoms with Crippen LogP contribution in [-0.4, -0.2) is 19.2 Å². The van der Waals surface area contributed by atoms with Gasteiger partial charge in [0.25, 0.3) is 11.6 Å². The third-order valence-electron chi connectivity index (χ3n) is 4.68. The average molecular weight is 440 g/mol. The number of nitrogens with zero attached hydrogens (tertiary/aromatic N) is 1.